The third-order valence-corrected chi connectivity index (χ3v) is 3.04. The minimum absolute atomic E-state index is 0.599. The Morgan fingerprint density at radius 2 is 1.56 bits per heavy atom. The van der Waals surface area contributed by atoms with Crippen LogP contribution in [0.2, 0.25) is 0 Å². The van der Waals surface area contributed by atoms with Crippen LogP contribution >= 0.6 is 0 Å². The summed E-state index contributed by atoms with van der Waals surface area (Å²) >= 11 is 0. The van der Waals surface area contributed by atoms with Gasteiger partial charge in [0.2, 0.25) is 0 Å². The zero-order chi connectivity index (χ0) is 12.1. The van der Waals surface area contributed by atoms with Crippen molar-refractivity contribution in [3.8, 4) is 0 Å². The van der Waals surface area contributed by atoms with Crippen molar-refractivity contribution in [3.05, 3.63) is 12.7 Å². The fourth-order valence-corrected chi connectivity index (χ4v) is 1.94. The summed E-state index contributed by atoms with van der Waals surface area (Å²) in [5.74, 6) is 0. The van der Waals surface area contributed by atoms with E-state index in [0.29, 0.717) is 6.04 Å². The Morgan fingerprint density at radius 3 is 2.12 bits per heavy atom. The molecule has 0 rings (SSSR count). The van der Waals surface area contributed by atoms with E-state index in [-0.39, 0.29) is 0 Å². The maximum absolute atomic E-state index is 3.75. The fourth-order valence-electron chi connectivity index (χ4n) is 1.94. The lowest BCUT2D eigenvalue weighted by atomic mass is 10.1. The van der Waals surface area contributed by atoms with Gasteiger partial charge in [-0.2, -0.15) is 0 Å². The van der Waals surface area contributed by atoms with Crippen LogP contribution in [-0.4, -0.2) is 12.6 Å². The zero-order valence-electron chi connectivity index (χ0n) is 11.4. The Labute approximate surface area is 103 Å². The molecule has 1 atom stereocenters. The molecule has 1 nitrogen and oxygen atoms in total. The summed E-state index contributed by atoms with van der Waals surface area (Å²) in [6.45, 7) is 9.43. The summed E-state index contributed by atoms with van der Waals surface area (Å²) in [5.41, 5.74) is 0. The van der Waals surface area contributed by atoms with Crippen LogP contribution in [-0.2, 0) is 0 Å². The lowest BCUT2D eigenvalue weighted by molar-refractivity contribution is 0.512. The number of rotatable bonds is 12. The summed E-state index contributed by atoms with van der Waals surface area (Å²) in [6, 6.07) is 0.599. The second kappa shape index (κ2) is 12.8. The van der Waals surface area contributed by atoms with Crippen molar-refractivity contribution in [2.45, 2.75) is 77.7 Å². The largest absolute Gasteiger partial charge is 0.314 e. The molecule has 0 aromatic carbocycles. The number of hydrogen-bond donors (Lipinski definition) is 1. The lowest BCUT2D eigenvalue weighted by Crippen LogP contribution is -2.26. The quantitative estimate of drug-likeness (QED) is 0.375. The van der Waals surface area contributed by atoms with Crippen LogP contribution in [0.25, 0.3) is 0 Å². The summed E-state index contributed by atoms with van der Waals surface area (Å²) in [5, 5.41) is 3.52. The number of hydrogen-bond acceptors (Lipinski definition) is 1. The first-order valence-corrected chi connectivity index (χ1v) is 7.15. The molecule has 0 radical (unpaired) electrons. The predicted molar refractivity (Wildman–Crippen MR) is 74.9 cm³/mol. The van der Waals surface area contributed by atoms with Crippen molar-refractivity contribution in [1.82, 2.24) is 5.32 Å². The third-order valence-electron chi connectivity index (χ3n) is 3.04. The van der Waals surface area contributed by atoms with Crippen LogP contribution in [0.5, 0.6) is 0 Å². The Bertz CT molecular complexity index is 142. The van der Waals surface area contributed by atoms with Crippen LogP contribution in [0, 0.1) is 0 Å². The average molecular weight is 225 g/mol. The van der Waals surface area contributed by atoms with Crippen molar-refractivity contribution in [3.63, 3.8) is 0 Å². The number of nitrogens with one attached hydrogen (secondary N) is 1. The highest BCUT2D eigenvalue weighted by Gasteiger charge is 1.97. The van der Waals surface area contributed by atoms with Gasteiger partial charge in [-0.3, -0.25) is 0 Å². The Balaban J connectivity index is 3.00. The monoisotopic (exact) mass is 225 g/mol. The summed E-state index contributed by atoms with van der Waals surface area (Å²) < 4.78 is 0. The zero-order valence-corrected chi connectivity index (χ0v) is 11.4. The van der Waals surface area contributed by atoms with Gasteiger partial charge in [-0.05, 0) is 26.3 Å². The third kappa shape index (κ3) is 11.8. The van der Waals surface area contributed by atoms with E-state index in [1.54, 1.807) is 0 Å². The maximum atomic E-state index is 3.75. The molecule has 1 heteroatoms. The fraction of sp³-hybridized carbons (Fsp3) is 0.867. The Kier molecular flexibility index (Phi) is 12.5. The normalized spacial score (nSPS) is 12.6. The van der Waals surface area contributed by atoms with Crippen molar-refractivity contribution in [2.75, 3.05) is 6.54 Å². The minimum atomic E-state index is 0.599. The predicted octanol–water partition coefficient (Wildman–Crippen LogP) is 4.68. The average Bonchev–Trinajstić information content (AvgIpc) is 2.27. The van der Waals surface area contributed by atoms with Crippen molar-refractivity contribution >= 4 is 0 Å². The Hall–Kier alpha value is -0.300. The molecular weight excluding hydrogens is 194 g/mol. The molecule has 1 N–H and O–H groups in total. The molecule has 1 unspecified atom stereocenters. The number of unbranched alkanes of at least 4 members (excludes halogenated alkanes) is 7. The molecule has 0 spiro atoms. The van der Waals surface area contributed by atoms with Crippen LogP contribution in [0.1, 0.15) is 71.6 Å². The van der Waals surface area contributed by atoms with Gasteiger partial charge in [-0.25, -0.2) is 0 Å². The molecule has 16 heavy (non-hydrogen) atoms. The topological polar surface area (TPSA) is 12.0 Å². The summed E-state index contributed by atoms with van der Waals surface area (Å²) in [7, 11) is 0. The lowest BCUT2D eigenvalue weighted by Gasteiger charge is -2.10. The van der Waals surface area contributed by atoms with Gasteiger partial charge in [-0.1, -0.05) is 57.9 Å². The molecule has 0 amide bonds. The van der Waals surface area contributed by atoms with Gasteiger partial charge >= 0.3 is 0 Å². The smallest absolute Gasteiger partial charge is 0.00731 e. The van der Waals surface area contributed by atoms with Gasteiger partial charge in [0.05, 0.1) is 0 Å². The molecule has 0 heterocycles. The first kappa shape index (κ1) is 15.7. The molecule has 0 aliphatic carbocycles. The van der Waals surface area contributed by atoms with Crippen LogP contribution < -0.4 is 5.32 Å². The van der Waals surface area contributed by atoms with Gasteiger partial charge in [0.1, 0.15) is 0 Å². The second-order valence-corrected chi connectivity index (χ2v) is 4.85. The van der Waals surface area contributed by atoms with Gasteiger partial charge in [0.15, 0.2) is 0 Å². The molecular formula is C15H31N. The van der Waals surface area contributed by atoms with E-state index >= 15 is 0 Å². The van der Waals surface area contributed by atoms with Crippen LogP contribution in [0.3, 0.4) is 0 Å². The molecule has 0 aromatic rings. The highest BCUT2D eigenvalue weighted by Crippen LogP contribution is 2.07. The van der Waals surface area contributed by atoms with Gasteiger partial charge < -0.3 is 5.32 Å². The van der Waals surface area contributed by atoms with Crippen LogP contribution in [0.4, 0.5) is 0 Å². The molecule has 0 bridgehead atoms. The molecule has 0 aliphatic rings. The van der Waals surface area contributed by atoms with Crippen molar-refractivity contribution < 1.29 is 0 Å². The highest BCUT2D eigenvalue weighted by atomic mass is 14.9. The van der Waals surface area contributed by atoms with Gasteiger partial charge in [0.25, 0.3) is 0 Å². The molecule has 0 aromatic heterocycles. The molecule has 0 saturated carbocycles. The summed E-state index contributed by atoms with van der Waals surface area (Å²) in [4.78, 5) is 0. The van der Waals surface area contributed by atoms with E-state index < -0.39 is 0 Å². The highest BCUT2D eigenvalue weighted by molar-refractivity contribution is 4.74. The van der Waals surface area contributed by atoms with E-state index in [1.807, 2.05) is 6.08 Å². The first-order chi connectivity index (χ1) is 7.81. The molecule has 0 aliphatic heterocycles. The molecule has 0 fully saturated rings. The Morgan fingerprint density at radius 1 is 1.00 bits per heavy atom. The minimum Gasteiger partial charge on any atom is -0.314 e. The maximum Gasteiger partial charge on any atom is 0.00731 e. The van der Waals surface area contributed by atoms with Gasteiger partial charge in [0, 0.05) is 6.04 Å². The van der Waals surface area contributed by atoms with E-state index in [9.17, 15) is 0 Å². The van der Waals surface area contributed by atoms with E-state index in [0.717, 1.165) is 6.42 Å². The summed E-state index contributed by atoms with van der Waals surface area (Å²) in [6.07, 6.45) is 14.3. The van der Waals surface area contributed by atoms with E-state index in [1.165, 1.54) is 57.9 Å². The SMILES string of the molecule is C=CCC(C)NCCCCCCCCCC. The van der Waals surface area contributed by atoms with Crippen LogP contribution in [0.15, 0.2) is 12.7 Å². The van der Waals surface area contributed by atoms with Gasteiger partial charge in [-0.15, -0.1) is 6.58 Å². The second-order valence-electron chi connectivity index (χ2n) is 4.85. The first-order valence-electron chi connectivity index (χ1n) is 7.15. The molecule has 0 saturated heterocycles. The van der Waals surface area contributed by atoms with Crippen molar-refractivity contribution in [1.29, 1.82) is 0 Å². The van der Waals surface area contributed by atoms with Crippen molar-refractivity contribution in [2.24, 2.45) is 0 Å². The standard InChI is InChI=1S/C15H31N/c1-4-6-7-8-9-10-11-12-14-16-15(3)13-5-2/h5,15-16H,2,4,6-14H2,1,3H3. The van der Waals surface area contributed by atoms with E-state index in [2.05, 4.69) is 25.7 Å². The van der Waals surface area contributed by atoms with E-state index in [4.69, 9.17) is 0 Å². The molecule has 96 valence electrons.